The summed E-state index contributed by atoms with van der Waals surface area (Å²) in [4.78, 5) is 8.60. The maximum atomic E-state index is 4.54. The van der Waals surface area contributed by atoms with Crippen molar-refractivity contribution in [3.05, 3.63) is 77.9 Å². The molecule has 0 saturated carbocycles. The molecule has 0 bridgehead atoms. The van der Waals surface area contributed by atoms with Crippen molar-refractivity contribution in [3.63, 3.8) is 0 Å². The lowest BCUT2D eigenvalue weighted by Gasteiger charge is -2.05. The third-order valence-corrected chi connectivity index (χ3v) is 3.84. The van der Waals surface area contributed by atoms with Crippen LogP contribution in [0.1, 0.15) is 16.7 Å². The van der Waals surface area contributed by atoms with E-state index in [1.165, 1.54) is 16.7 Å². The average Bonchev–Trinajstić information content (AvgIpc) is 2.56. The van der Waals surface area contributed by atoms with Gasteiger partial charge in [-0.2, -0.15) is 4.57 Å². The van der Waals surface area contributed by atoms with Gasteiger partial charge < -0.3 is 0 Å². The summed E-state index contributed by atoms with van der Waals surface area (Å²) >= 11 is 0. The van der Waals surface area contributed by atoms with Crippen molar-refractivity contribution in [1.29, 1.82) is 0 Å². The van der Waals surface area contributed by atoms with Crippen molar-refractivity contribution < 1.29 is 4.57 Å². The van der Waals surface area contributed by atoms with Crippen LogP contribution in [0.3, 0.4) is 0 Å². The van der Waals surface area contributed by atoms with E-state index in [0.717, 1.165) is 24.2 Å². The number of aromatic nitrogens is 3. The molecule has 22 heavy (non-hydrogen) atoms. The Bertz CT molecular complexity index is 767. The first-order chi connectivity index (χ1) is 10.7. The van der Waals surface area contributed by atoms with Gasteiger partial charge in [0.05, 0.1) is 0 Å². The predicted octanol–water partition coefficient (Wildman–Crippen LogP) is 3.06. The molecule has 0 aliphatic carbocycles. The molecule has 0 fully saturated rings. The molecule has 0 unspecified atom stereocenters. The summed E-state index contributed by atoms with van der Waals surface area (Å²) in [6.45, 7) is 2.11. The summed E-state index contributed by atoms with van der Waals surface area (Å²) in [6, 6.07) is 12.7. The van der Waals surface area contributed by atoms with Crippen LogP contribution in [-0.2, 0) is 19.9 Å². The quantitative estimate of drug-likeness (QED) is 0.691. The molecule has 3 heterocycles. The molecule has 0 radical (unpaired) electrons. The Labute approximate surface area is 131 Å². The van der Waals surface area contributed by atoms with Gasteiger partial charge in [0.25, 0.3) is 0 Å². The van der Waals surface area contributed by atoms with Crippen LogP contribution < -0.4 is 4.57 Å². The van der Waals surface area contributed by atoms with E-state index < -0.39 is 0 Å². The maximum absolute atomic E-state index is 4.54. The molecular formula is C19H20N3+. The zero-order chi connectivity index (χ0) is 15.4. The first-order valence-corrected chi connectivity index (χ1v) is 7.53. The molecule has 0 amide bonds. The van der Waals surface area contributed by atoms with Crippen molar-refractivity contribution >= 4 is 0 Å². The Morgan fingerprint density at radius 3 is 2.45 bits per heavy atom. The first kappa shape index (κ1) is 14.4. The highest BCUT2D eigenvalue weighted by Crippen LogP contribution is 2.16. The minimum absolute atomic E-state index is 1.01. The molecule has 3 rings (SSSR count). The van der Waals surface area contributed by atoms with Gasteiger partial charge >= 0.3 is 0 Å². The third kappa shape index (κ3) is 3.37. The SMILES string of the molecule is Cc1cc[n+](C)c(-c2cc(CCc3ccncc3)ccn2)c1. The lowest BCUT2D eigenvalue weighted by Crippen LogP contribution is -2.30. The maximum Gasteiger partial charge on any atom is 0.231 e. The van der Waals surface area contributed by atoms with E-state index in [2.05, 4.69) is 71.1 Å². The van der Waals surface area contributed by atoms with Gasteiger partial charge in [0.1, 0.15) is 12.7 Å². The van der Waals surface area contributed by atoms with Crippen LogP contribution in [-0.4, -0.2) is 9.97 Å². The largest absolute Gasteiger partial charge is 0.265 e. The Morgan fingerprint density at radius 2 is 1.64 bits per heavy atom. The van der Waals surface area contributed by atoms with Gasteiger partial charge in [-0.3, -0.25) is 4.98 Å². The Balaban J connectivity index is 1.82. The van der Waals surface area contributed by atoms with Crippen molar-refractivity contribution in [2.45, 2.75) is 19.8 Å². The van der Waals surface area contributed by atoms with Gasteiger partial charge in [-0.05, 0) is 60.7 Å². The smallest absolute Gasteiger partial charge is 0.231 e. The fraction of sp³-hybridized carbons (Fsp3) is 0.211. The summed E-state index contributed by atoms with van der Waals surface area (Å²) in [6.07, 6.45) is 9.70. The van der Waals surface area contributed by atoms with Gasteiger partial charge in [0, 0.05) is 30.7 Å². The van der Waals surface area contributed by atoms with E-state index >= 15 is 0 Å². The monoisotopic (exact) mass is 290 g/mol. The van der Waals surface area contributed by atoms with Gasteiger partial charge in [0.15, 0.2) is 6.20 Å². The van der Waals surface area contributed by atoms with E-state index in [4.69, 9.17) is 0 Å². The summed E-state index contributed by atoms with van der Waals surface area (Å²) in [5, 5.41) is 0. The number of pyridine rings is 3. The number of hydrogen-bond donors (Lipinski definition) is 0. The molecule has 3 heteroatoms. The molecule has 110 valence electrons. The Morgan fingerprint density at radius 1 is 0.909 bits per heavy atom. The van der Waals surface area contributed by atoms with Gasteiger partial charge in [-0.25, -0.2) is 4.98 Å². The van der Waals surface area contributed by atoms with E-state index in [-0.39, 0.29) is 0 Å². The molecule has 0 N–H and O–H groups in total. The summed E-state index contributed by atoms with van der Waals surface area (Å²) in [5.74, 6) is 0. The summed E-state index contributed by atoms with van der Waals surface area (Å²) in [5.41, 5.74) is 6.04. The van der Waals surface area contributed by atoms with Crippen LogP contribution >= 0.6 is 0 Å². The Hall–Kier alpha value is -2.55. The third-order valence-electron chi connectivity index (χ3n) is 3.84. The number of nitrogens with zero attached hydrogens (tertiary/aromatic N) is 3. The van der Waals surface area contributed by atoms with Crippen molar-refractivity contribution in [2.24, 2.45) is 7.05 Å². The van der Waals surface area contributed by atoms with Crippen LogP contribution in [0.2, 0.25) is 0 Å². The van der Waals surface area contributed by atoms with Crippen molar-refractivity contribution in [3.8, 4) is 11.4 Å². The lowest BCUT2D eigenvalue weighted by atomic mass is 10.0. The highest BCUT2D eigenvalue weighted by molar-refractivity contribution is 5.52. The summed E-state index contributed by atoms with van der Waals surface area (Å²) < 4.78 is 2.11. The van der Waals surface area contributed by atoms with Crippen LogP contribution in [0.15, 0.2) is 61.2 Å². The van der Waals surface area contributed by atoms with Crippen molar-refractivity contribution in [1.82, 2.24) is 9.97 Å². The molecule has 0 aliphatic heterocycles. The fourth-order valence-electron chi connectivity index (χ4n) is 2.54. The van der Waals surface area contributed by atoms with Gasteiger partial charge in [-0.1, -0.05) is 0 Å². The highest BCUT2D eigenvalue weighted by Gasteiger charge is 2.11. The van der Waals surface area contributed by atoms with Crippen LogP contribution in [0, 0.1) is 6.92 Å². The normalized spacial score (nSPS) is 10.6. The molecule has 0 saturated heterocycles. The first-order valence-electron chi connectivity index (χ1n) is 7.53. The molecule has 3 nitrogen and oxygen atoms in total. The molecule has 0 atom stereocenters. The fourth-order valence-corrected chi connectivity index (χ4v) is 2.54. The number of hydrogen-bond acceptors (Lipinski definition) is 2. The second-order valence-electron chi connectivity index (χ2n) is 5.61. The predicted molar refractivity (Wildman–Crippen MR) is 87.2 cm³/mol. The van der Waals surface area contributed by atoms with Crippen molar-refractivity contribution in [2.75, 3.05) is 0 Å². The van der Waals surface area contributed by atoms with Crippen LogP contribution in [0.25, 0.3) is 11.4 Å². The van der Waals surface area contributed by atoms with E-state index in [1.54, 1.807) is 0 Å². The highest BCUT2D eigenvalue weighted by atomic mass is 14.9. The number of rotatable bonds is 4. The van der Waals surface area contributed by atoms with Crippen LogP contribution in [0.4, 0.5) is 0 Å². The molecule has 3 aromatic heterocycles. The Kier molecular flexibility index (Phi) is 4.24. The van der Waals surface area contributed by atoms with Crippen LogP contribution in [0.5, 0.6) is 0 Å². The standard InChI is InChI=1S/C19H20N3/c1-15-8-12-22(2)19(13-15)18-14-17(7-11-21-18)4-3-16-5-9-20-10-6-16/h5-14H,3-4H2,1-2H3/q+1. The zero-order valence-electron chi connectivity index (χ0n) is 13.0. The lowest BCUT2D eigenvalue weighted by molar-refractivity contribution is -0.660. The second-order valence-corrected chi connectivity index (χ2v) is 5.61. The minimum atomic E-state index is 1.01. The van der Waals surface area contributed by atoms with E-state index in [9.17, 15) is 0 Å². The molecule has 3 aromatic rings. The molecule has 0 spiro atoms. The molecule has 0 aliphatic rings. The molecular weight excluding hydrogens is 270 g/mol. The topological polar surface area (TPSA) is 29.7 Å². The molecule has 0 aromatic carbocycles. The van der Waals surface area contributed by atoms with E-state index in [1.807, 2.05) is 18.6 Å². The van der Waals surface area contributed by atoms with Gasteiger partial charge in [-0.15, -0.1) is 0 Å². The minimum Gasteiger partial charge on any atom is -0.265 e. The summed E-state index contributed by atoms with van der Waals surface area (Å²) in [7, 11) is 2.06. The number of aryl methyl sites for hydroxylation is 4. The van der Waals surface area contributed by atoms with Gasteiger partial charge in [0.2, 0.25) is 5.69 Å². The zero-order valence-corrected chi connectivity index (χ0v) is 13.0. The second kappa shape index (κ2) is 6.48. The van der Waals surface area contributed by atoms with E-state index in [0.29, 0.717) is 0 Å². The average molecular weight is 290 g/mol.